The van der Waals surface area contributed by atoms with E-state index < -0.39 is 16.6 Å². The topological polar surface area (TPSA) is 116 Å². The maximum absolute atomic E-state index is 12.1. The molecule has 29 heavy (non-hydrogen) atoms. The molecule has 1 saturated carbocycles. The Morgan fingerprint density at radius 2 is 1.90 bits per heavy atom. The first kappa shape index (κ1) is 25.1. The summed E-state index contributed by atoms with van der Waals surface area (Å²) in [6, 6.07) is 1.29. The highest BCUT2D eigenvalue weighted by molar-refractivity contribution is 9.10. The van der Waals surface area contributed by atoms with Gasteiger partial charge in [-0.2, -0.15) is 0 Å². The number of halogens is 1. The maximum atomic E-state index is 12.1. The molecule has 0 bridgehead atoms. The number of carbonyl (C=O) groups is 1. The van der Waals surface area contributed by atoms with Crippen molar-refractivity contribution in [2.75, 3.05) is 12.4 Å². The molecule has 10 heteroatoms. The Kier molecular flexibility index (Phi) is 9.78. The van der Waals surface area contributed by atoms with Crippen molar-refractivity contribution in [1.82, 2.24) is 10.3 Å². The Balaban J connectivity index is 0.00000204. The van der Waals surface area contributed by atoms with E-state index in [4.69, 9.17) is 9.47 Å². The van der Waals surface area contributed by atoms with Crippen molar-refractivity contribution < 1.29 is 19.2 Å². The Hall–Kier alpha value is -1.94. The fourth-order valence-electron chi connectivity index (χ4n) is 3.07. The Morgan fingerprint density at radius 1 is 1.28 bits per heavy atom. The van der Waals surface area contributed by atoms with Gasteiger partial charge in [0.2, 0.25) is 0 Å². The molecule has 1 aliphatic rings. The summed E-state index contributed by atoms with van der Waals surface area (Å²) < 4.78 is 11.3. The quantitative estimate of drug-likeness (QED) is 0.362. The van der Waals surface area contributed by atoms with E-state index in [1.165, 1.54) is 6.20 Å². The van der Waals surface area contributed by atoms with Gasteiger partial charge in [-0.15, -0.1) is 0 Å². The van der Waals surface area contributed by atoms with Crippen LogP contribution in [0.2, 0.25) is 0 Å². The zero-order valence-corrected chi connectivity index (χ0v) is 19.4. The number of hydrogen-bond donors (Lipinski definition) is 2. The molecule has 1 aliphatic carbocycles. The molecule has 9 nitrogen and oxygen atoms in total. The zero-order chi connectivity index (χ0) is 22.2. The maximum Gasteiger partial charge on any atom is 0.407 e. The van der Waals surface area contributed by atoms with E-state index in [-0.39, 0.29) is 23.9 Å². The average molecular weight is 475 g/mol. The molecular weight excluding hydrogens is 444 g/mol. The van der Waals surface area contributed by atoms with Gasteiger partial charge < -0.3 is 20.1 Å². The number of ether oxygens (including phenoxy) is 2. The van der Waals surface area contributed by atoms with Crippen LogP contribution >= 0.6 is 15.9 Å². The number of aromatic nitrogens is 1. The molecule has 2 N–H and O–H groups in total. The first-order valence-electron chi connectivity index (χ1n) is 9.66. The summed E-state index contributed by atoms with van der Waals surface area (Å²) in [5.74, 6) is 0. The second-order valence-electron chi connectivity index (χ2n) is 7.53. The number of hydrogen-bond acceptors (Lipinski definition) is 7. The molecule has 3 unspecified atom stereocenters. The van der Waals surface area contributed by atoms with E-state index in [0.717, 1.165) is 0 Å². The number of nitro groups is 1. The lowest BCUT2D eigenvalue weighted by molar-refractivity contribution is -0.384. The summed E-state index contributed by atoms with van der Waals surface area (Å²) in [5, 5.41) is 17.3. The van der Waals surface area contributed by atoms with E-state index >= 15 is 0 Å². The smallest absolute Gasteiger partial charge is 0.407 e. The van der Waals surface area contributed by atoms with E-state index in [1.54, 1.807) is 33.9 Å². The van der Waals surface area contributed by atoms with Gasteiger partial charge in [0.05, 0.1) is 11.0 Å². The van der Waals surface area contributed by atoms with Crippen molar-refractivity contribution in [3.8, 4) is 0 Å². The van der Waals surface area contributed by atoms with Crippen LogP contribution in [0.25, 0.3) is 0 Å². The summed E-state index contributed by atoms with van der Waals surface area (Å²) in [4.78, 5) is 26.8. The first-order chi connectivity index (χ1) is 13.6. The molecule has 0 aromatic carbocycles. The molecule has 1 amide bonds. The Labute approximate surface area is 180 Å². The predicted octanol–water partition coefficient (Wildman–Crippen LogP) is 4.65. The Bertz CT molecular complexity index is 696. The normalized spacial score (nSPS) is 21.4. The molecular formula is C19H31BrN4O5. The zero-order valence-electron chi connectivity index (χ0n) is 17.8. The largest absolute Gasteiger partial charge is 0.444 e. The van der Waals surface area contributed by atoms with Gasteiger partial charge in [0.1, 0.15) is 22.1 Å². The van der Waals surface area contributed by atoms with Crippen LogP contribution in [0.4, 0.5) is 16.2 Å². The highest BCUT2D eigenvalue weighted by Gasteiger charge is 2.32. The number of nitrogens with zero attached hydrogens (tertiary/aromatic N) is 2. The van der Waals surface area contributed by atoms with Crippen LogP contribution in [0.15, 0.2) is 16.9 Å². The lowest BCUT2D eigenvalue weighted by Crippen LogP contribution is -2.47. The molecule has 3 atom stereocenters. The third-order valence-electron chi connectivity index (χ3n) is 4.12. The summed E-state index contributed by atoms with van der Waals surface area (Å²) in [5.41, 5.74) is -0.310. The van der Waals surface area contributed by atoms with Gasteiger partial charge in [-0.05, 0) is 56.0 Å². The summed E-state index contributed by atoms with van der Waals surface area (Å²) in [6.07, 6.45) is 2.55. The monoisotopic (exact) mass is 474 g/mol. The van der Waals surface area contributed by atoms with Gasteiger partial charge in [0.25, 0.3) is 0 Å². The van der Waals surface area contributed by atoms with Crippen molar-refractivity contribution in [1.29, 1.82) is 0 Å². The minimum absolute atomic E-state index is 0.0829. The number of nitrogens with one attached hydrogen (secondary N) is 2. The van der Waals surface area contributed by atoms with Gasteiger partial charge in [-0.1, -0.05) is 13.8 Å². The number of amides is 1. The molecule has 0 spiro atoms. The van der Waals surface area contributed by atoms with E-state index in [9.17, 15) is 14.9 Å². The number of pyridine rings is 1. The van der Waals surface area contributed by atoms with Crippen molar-refractivity contribution in [2.45, 2.75) is 77.7 Å². The van der Waals surface area contributed by atoms with Crippen molar-refractivity contribution in [3.63, 3.8) is 0 Å². The van der Waals surface area contributed by atoms with Crippen LogP contribution < -0.4 is 10.6 Å². The van der Waals surface area contributed by atoms with Crippen molar-refractivity contribution >= 4 is 33.4 Å². The van der Waals surface area contributed by atoms with Crippen LogP contribution in [-0.2, 0) is 9.47 Å². The summed E-state index contributed by atoms with van der Waals surface area (Å²) in [7, 11) is 1.61. The summed E-state index contributed by atoms with van der Waals surface area (Å²) >= 11 is 3.24. The number of carbonyl (C=O) groups excluding carboxylic acids is 1. The fourth-order valence-corrected chi connectivity index (χ4v) is 3.40. The number of methoxy groups -OCH3 is 1. The van der Waals surface area contributed by atoms with Crippen LogP contribution in [0, 0.1) is 10.1 Å². The average Bonchev–Trinajstić information content (AvgIpc) is 2.61. The fraction of sp³-hybridized carbons (Fsp3) is 0.684. The van der Waals surface area contributed by atoms with E-state index in [0.29, 0.717) is 29.6 Å². The molecule has 0 saturated heterocycles. The molecule has 1 fully saturated rings. The standard InChI is InChI=1S/C17H25BrN4O5.C2H6/c1-17(2,3)27-16(23)21-11-5-10(6-12(7-11)26-4)20-13-8-15(18)19-9-14(13)22(24)25;1-2/h8-12H,5-7H2,1-4H3,(H,19,20)(H,21,23);1-2H3. The van der Waals surface area contributed by atoms with Crippen LogP contribution in [0.5, 0.6) is 0 Å². The number of rotatable bonds is 5. The minimum Gasteiger partial charge on any atom is -0.444 e. The first-order valence-corrected chi connectivity index (χ1v) is 10.5. The molecule has 164 valence electrons. The molecule has 0 radical (unpaired) electrons. The Morgan fingerprint density at radius 3 is 2.45 bits per heavy atom. The summed E-state index contributed by atoms with van der Waals surface area (Å²) in [6.45, 7) is 9.41. The van der Waals surface area contributed by atoms with Gasteiger partial charge in [0.15, 0.2) is 0 Å². The molecule has 0 aliphatic heterocycles. The van der Waals surface area contributed by atoms with E-state index in [2.05, 4.69) is 31.5 Å². The van der Waals surface area contributed by atoms with Crippen molar-refractivity contribution in [2.24, 2.45) is 0 Å². The van der Waals surface area contributed by atoms with Crippen LogP contribution in [0.1, 0.15) is 53.9 Å². The molecule has 1 aromatic rings. The van der Waals surface area contributed by atoms with Crippen LogP contribution in [-0.4, -0.2) is 46.9 Å². The second-order valence-corrected chi connectivity index (χ2v) is 8.34. The molecule has 1 heterocycles. The highest BCUT2D eigenvalue weighted by atomic mass is 79.9. The second kappa shape index (κ2) is 11.3. The van der Waals surface area contributed by atoms with Gasteiger partial charge in [-0.3, -0.25) is 10.1 Å². The minimum atomic E-state index is -0.582. The highest BCUT2D eigenvalue weighted by Crippen LogP contribution is 2.30. The third-order valence-corrected chi connectivity index (χ3v) is 4.56. The third kappa shape index (κ3) is 8.53. The molecule has 2 rings (SSSR count). The SMILES string of the molecule is CC.COC1CC(NC(=O)OC(C)(C)C)CC(Nc2cc(Br)ncc2[N+](=O)[O-])C1. The number of anilines is 1. The van der Waals surface area contributed by atoms with Gasteiger partial charge in [0, 0.05) is 25.3 Å². The van der Waals surface area contributed by atoms with Gasteiger partial charge in [-0.25, -0.2) is 9.78 Å². The lowest BCUT2D eigenvalue weighted by Gasteiger charge is -2.35. The predicted molar refractivity (Wildman–Crippen MR) is 115 cm³/mol. The lowest BCUT2D eigenvalue weighted by atomic mass is 9.88. The van der Waals surface area contributed by atoms with Crippen molar-refractivity contribution in [3.05, 3.63) is 27.0 Å². The van der Waals surface area contributed by atoms with Gasteiger partial charge >= 0.3 is 11.8 Å². The molecule has 1 aromatic heterocycles. The van der Waals surface area contributed by atoms with Crippen LogP contribution in [0.3, 0.4) is 0 Å². The van der Waals surface area contributed by atoms with E-state index in [1.807, 2.05) is 13.8 Å². The number of alkyl carbamates (subject to hydrolysis) is 1.